The molecule has 0 spiro atoms. The first-order valence-electron chi connectivity index (χ1n) is 4.82. The third kappa shape index (κ3) is 4.46. The lowest BCUT2D eigenvalue weighted by molar-refractivity contribution is 1.39. The fourth-order valence-corrected chi connectivity index (χ4v) is 1.19. The molecular weight excluding hydrogens is 168 g/mol. The molecule has 0 aliphatic rings. The van der Waals surface area contributed by atoms with Crippen LogP contribution in [-0.2, 0) is 0 Å². The second kappa shape index (κ2) is 5.98. The smallest absolute Gasteiger partial charge is 0.0398 e. The highest BCUT2D eigenvalue weighted by Gasteiger charge is 1.80. The number of benzene rings is 2. The van der Waals surface area contributed by atoms with Crippen molar-refractivity contribution >= 4 is 0 Å². The molecule has 0 amide bonds. The standard InChI is InChI=1S/C8H10.C6H6/c1-7-4-3-5-8(2)6-7;1-2-4-6-5-3-1/h3-6H,1-2H3;1-6H. The summed E-state index contributed by atoms with van der Waals surface area (Å²) in [6.45, 7) is 4.21. The van der Waals surface area contributed by atoms with Gasteiger partial charge in [-0.1, -0.05) is 71.8 Å². The molecule has 0 radical (unpaired) electrons. The van der Waals surface area contributed by atoms with Crippen molar-refractivity contribution in [2.24, 2.45) is 0 Å². The largest absolute Gasteiger partial charge is 0.0623 e. The highest BCUT2D eigenvalue weighted by atomic mass is 13.9. The minimum absolute atomic E-state index is 1.34. The average Bonchev–Trinajstić information content (AvgIpc) is 2.21. The zero-order valence-corrected chi connectivity index (χ0v) is 8.77. The Morgan fingerprint density at radius 2 is 0.929 bits per heavy atom. The van der Waals surface area contributed by atoms with Crippen LogP contribution in [0.15, 0.2) is 60.7 Å². The normalized spacial score (nSPS) is 8.71. The Kier molecular flexibility index (Phi) is 4.49. The highest BCUT2D eigenvalue weighted by Crippen LogP contribution is 2.00. The molecule has 0 aromatic heterocycles. The monoisotopic (exact) mass is 184 g/mol. The van der Waals surface area contributed by atoms with Gasteiger partial charge in [0.25, 0.3) is 0 Å². The molecule has 0 N–H and O–H groups in total. The fraction of sp³-hybridized carbons (Fsp3) is 0.143. The van der Waals surface area contributed by atoms with Crippen LogP contribution >= 0.6 is 0 Å². The third-order valence-corrected chi connectivity index (χ3v) is 1.84. The van der Waals surface area contributed by atoms with Crippen LogP contribution in [-0.4, -0.2) is 0 Å². The Morgan fingerprint density at radius 3 is 1.14 bits per heavy atom. The van der Waals surface area contributed by atoms with Gasteiger partial charge in [0.15, 0.2) is 0 Å². The first kappa shape index (κ1) is 10.5. The van der Waals surface area contributed by atoms with E-state index in [1.165, 1.54) is 11.1 Å². The molecule has 0 saturated carbocycles. The van der Waals surface area contributed by atoms with Gasteiger partial charge in [0.05, 0.1) is 0 Å². The van der Waals surface area contributed by atoms with Gasteiger partial charge in [0.2, 0.25) is 0 Å². The van der Waals surface area contributed by atoms with E-state index in [4.69, 9.17) is 0 Å². The molecule has 0 aliphatic carbocycles. The quantitative estimate of drug-likeness (QED) is 0.580. The molecule has 0 bridgehead atoms. The van der Waals surface area contributed by atoms with Gasteiger partial charge in [0.1, 0.15) is 0 Å². The summed E-state index contributed by atoms with van der Waals surface area (Å²) in [5, 5.41) is 0. The summed E-state index contributed by atoms with van der Waals surface area (Å²) in [5.74, 6) is 0. The van der Waals surface area contributed by atoms with Crippen molar-refractivity contribution in [1.82, 2.24) is 0 Å². The lowest BCUT2D eigenvalue weighted by atomic mass is 10.2. The zero-order chi connectivity index (χ0) is 10.2. The van der Waals surface area contributed by atoms with Gasteiger partial charge in [0, 0.05) is 0 Å². The van der Waals surface area contributed by atoms with E-state index in [0.29, 0.717) is 0 Å². The van der Waals surface area contributed by atoms with E-state index in [9.17, 15) is 0 Å². The molecule has 0 heterocycles. The molecule has 0 nitrogen and oxygen atoms in total. The summed E-state index contributed by atoms with van der Waals surface area (Å²) in [7, 11) is 0. The molecule has 0 atom stereocenters. The van der Waals surface area contributed by atoms with Gasteiger partial charge >= 0.3 is 0 Å². The van der Waals surface area contributed by atoms with Crippen LogP contribution in [0.3, 0.4) is 0 Å². The van der Waals surface area contributed by atoms with Crippen LogP contribution in [0.5, 0.6) is 0 Å². The van der Waals surface area contributed by atoms with Gasteiger partial charge in [-0.2, -0.15) is 0 Å². The van der Waals surface area contributed by atoms with Gasteiger partial charge in [-0.05, 0) is 13.8 Å². The maximum Gasteiger partial charge on any atom is -0.0398 e. The summed E-state index contributed by atoms with van der Waals surface area (Å²) >= 11 is 0. The van der Waals surface area contributed by atoms with Crippen molar-refractivity contribution in [2.45, 2.75) is 13.8 Å². The fourth-order valence-electron chi connectivity index (χ4n) is 1.19. The summed E-state index contributed by atoms with van der Waals surface area (Å²) < 4.78 is 0. The Labute approximate surface area is 86.2 Å². The Hall–Kier alpha value is -1.56. The van der Waals surface area contributed by atoms with Crippen LogP contribution < -0.4 is 0 Å². The number of rotatable bonds is 0. The van der Waals surface area contributed by atoms with Crippen molar-refractivity contribution < 1.29 is 0 Å². The first-order valence-corrected chi connectivity index (χ1v) is 4.82. The summed E-state index contributed by atoms with van der Waals surface area (Å²) in [5.41, 5.74) is 2.68. The number of hydrogen-bond donors (Lipinski definition) is 0. The minimum atomic E-state index is 1.34. The van der Waals surface area contributed by atoms with E-state index >= 15 is 0 Å². The SMILES string of the molecule is Cc1cccc(C)c1.c1ccccc1. The lowest BCUT2D eigenvalue weighted by Gasteiger charge is -1.90. The van der Waals surface area contributed by atoms with Crippen molar-refractivity contribution in [1.29, 1.82) is 0 Å². The van der Waals surface area contributed by atoms with E-state index < -0.39 is 0 Å². The Morgan fingerprint density at radius 1 is 0.571 bits per heavy atom. The zero-order valence-electron chi connectivity index (χ0n) is 8.77. The maximum absolute atomic E-state index is 2.17. The van der Waals surface area contributed by atoms with E-state index in [1.807, 2.05) is 36.4 Å². The van der Waals surface area contributed by atoms with Crippen LogP contribution in [0.1, 0.15) is 11.1 Å². The predicted octanol–water partition coefficient (Wildman–Crippen LogP) is 3.99. The molecule has 0 saturated heterocycles. The average molecular weight is 184 g/mol. The first-order chi connectivity index (χ1) is 6.79. The van der Waals surface area contributed by atoms with Crippen LogP contribution in [0.25, 0.3) is 0 Å². The van der Waals surface area contributed by atoms with Crippen molar-refractivity contribution in [2.75, 3.05) is 0 Å². The number of hydrogen-bond acceptors (Lipinski definition) is 0. The summed E-state index contributed by atoms with van der Waals surface area (Å²) in [4.78, 5) is 0. The molecule has 0 unspecified atom stereocenters. The molecular formula is C14H16. The predicted molar refractivity (Wildman–Crippen MR) is 62.4 cm³/mol. The van der Waals surface area contributed by atoms with Gasteiger partial charge in [-0.3, -0.25) is 0 Å². The number of aryl methyl sites for hydroxylation is 2. The maximum atomic E-state index is 2.17. The molecule has 2 aromatic rings. The highest BCUT2D eigenvalue weighted by molar-refractivity contribution is 5.20. The van der Waals surface area contributed by atoms with Crippen molar-refractivity contribution in [3.63, 3.8) is 0 Å². The molecule has 14 heavy (non-hydrogen) atoms. The molecule has 2 rings (SSSR count). The molecule has 2 aromatic carbocycles. The summed E-state index contributed by atoms with van der Waals surface area (Å²) in [6.07, 6.45) is 0. The molecule has 0 heteroatoms. The Balaban J connectivity index is 0.000000146. The van der Waals surface area contributed by atoms with Gasteiger partial charge in [-0.15, -0.1) is 0 Å². The minimum Gasteiger partial charge on any atom is -0.0623 e. The van der Waals surface area contributed by atoms with E-state index in [0.717, 1.165) is 0 Å². The Bertz CT molecular complexity index is 305. The second-order valence-corrected chi connectivity index (χ2v) is 3.31. The van der Waals surface area contributed by atoms with Crippen molar-refractivity contribution in [3.05, 3.63) is 71.8 Å². The van der Waals surface area contributed by atoms with Crippen LogP contribution in [0, 0.1) is 13.8 Å². The topological polar surface area (TPSA) is 0 Å². The van der Waals surface area contributed by atoms with Gasteiger partial charge < -0.3 is 0 Å². The van der Waals surface area contributed by atoms with Crippen LogP contribution in [0.2, 0.25) is 0 Å². The molecule has 72 valence electrons. The van der Waals surface area contributed by atoms with E-state index in [-0.39, 0.29) is 0 Å². The third-order valence-electron chi connectivity index (χ3n) is 1.84. The second-order valence-electron chi connectivity index (χ2n) is 3.31. The summed E-state index contributed by atoms with van der Waals surface area (Å²) in [6, 6.07) is 20.4. The van der Waals surface area contributed by atoms with Gasteiger partial charge in [-0.25, -0.2) is 0 Å². The molecule has 0 fully saturated rings. The van der Waals surface area contributed by atoms with Crippen molar-refractivity contribution in [3.8, 4) is 0 Å². The van der Waals surface area contributed by atoms with E-state index in [1.54, 1.807) is 0 Å². The van der Waals surface area contributed by atoms with Crippen LogP contribution in [0.4, 0.5) is 0 Å². The molecule has 0 aliphatic heterocycles. The lowest BCUT2D eigenvalue weighted by Crippen LogP contribution is -1.71. The van der Waals surface area contributed by atoms with E-state index in [2.05, 4.69) is 38.1 Å².